The van der Waals surface area contributed by atoms with Crippen molar-refractivity contribution in [2.45, 2.75) is 45.6 Å². The number of rotatable bonds is 4. The smallest absolute Gasteiger partial charge is 0.465 e. The summed E-state index contributed by atoms with van der Waals surface area (Å²) in [4.78, 5) is 23.2. The Morgan fingerprint density at radius 3 is 1.96 bits per heavy atom. The molecule has 0 unspecified atom stereocenters. The van der Waals surface area contributed by atoms with Gasteiger partial charge >= 0.3 is 18.2 Å². The molecule has 0 saturated carbocycles. The predicted octanol–water partition coefficient (Wildman–Crippen LogP) is 3.14. The van der Waals surface area contributed by atoms with E-state index < -0.39 is 23.7 Å². The van der Waals surface area contributed by atoms with Gasteiger partial charge < -0.3 is 10.4 Å². The topological polar surface area (TPSA) is 69.6 Å². The summed E-state index contributed by atoms with van der Waals surface area (Å²) in [6, 6.07) is 6.34. The molecule has 0 aliphatic carbocycles. The van der Waals surface area contributed by atoms with Gasteiger partial charge in [-0.1, -0.05) is 24.3 Å². The highest BCUT2D eigenvalue weighted by atomic mass is 19.4. The minimum absolute atomic E-state index is 0.161. The molecule has 128 valence electrons. The molecule has 1 rings (SSSR count). The molecule has 0 aromatic heterocycles. The third kappa shape index (κ3) is 5.80. The average molecular weight is 332 g/mol. The summed E-state index contributed by atoms with van der Waals surface area (Å²) >= 11 is 0. The third-order valence-electron chi connectivity index (χ3n) is 3.11. The molecule has 0 atom stereocenters. The van der Waals surface area contributed by atoms with Crippen LogP contribution in [0.2, 0.25) is 0 Å². The summed E-state index contributed by atoms with van der Waals surface area (Å²) in [5.41, 5.74) is 0.614. The van der Waals surface area contributed by atoms with Crippen LogP contribution in [-0.2, 0) is 17.9 Å². The molecule has 2 N–H and O–H groups in total. The van der Waals surface area contributed by atoms with Gasteiger partial charge in [0, 0.05) is 18.6 Å². The first kappa shape index (κ1) is 18.8. The molecular formula is C15H19F3N2O3. The summed E-state index contributed by atoms with van der Waals surface area (Å²) in [6.45, 7) is 5.21. The number of nitrogens with one attached hydrogen (secondary N) is 1. The zero-order valence-corrected chi connectivity index (χ0v) is 13.1. The second-order valence-electron chi connectivity index (χ2n) is 6.04. The van der Waals surface area contributed by atoms with Crippen LogP contribution in [0.4, 0.5) is 18.0 Å². The molecule has 0 fully saturated rings. The van der Waals surface area contributed by atoms with Gasteiger partial charge in [-0.2, -0.15) is 13.2 Å². The van der Waals surface area contributed by atoms with Crippen LogP contribution in [0.1, 0.15) is 31.9 Å². The molecule has 0 aliphatic heterocycles. The lowest BCUT2D eigenvalue weighted by Gasteiger charge is -2.33. The molecular weight excluding hydrogens is 313 g/mol. The Bertz CT molecular complexity index is 563. The minimum atomic E-state index is -4.91. The molecule has 23 heavy (non-hydrogen) atoms. The van der Waals surface area contributed by atoms with E-state index in [1.165, 1.54) is 4.90 Å². The summed E-state index contributed by atoms with van der Waals surface area (Å²) in [6.07, 6.45) is -5.96. The average Bonchev–Trinajstić information content (AvgIpc) is 2.40. The van der Waals surface area contributed by atoms with Crippen LogP contribution in [0.25, 0.3) is 0 Å². The van der Waals surface area contributed by atoms with Crippen LogP contribution in [0.15, 0.2) is 24.3 Å². The quantitative estimate of drug-likeness (QED) is 0.890. The Kier molecular flexibility index (Phi) is 5.63. The van der Waals surface area contributed by atoms with Gasteiger partial charge in [0.05, 0.1) is 0 Å². The predicted molar refractivity (Wildman–Crippen MR) is 77.7 cm³/mol. The van der Waals surface area contributed by atoms with E-state index >= 15 is 0 Å². The lowest BCUT2D eigenvalue weighted by molar-refractivity contribution is -0.173. The van der Waals surface area contributed by atoms with E-state index in [9.17, 15) is 27.9 Å². The van der Waals surface area contributed by atoms with Crippen LogP contribution in [0, 0.1) is 0 Å². The molecule has 0 heterocycles. The second kappa shape index (κ2) is 6.89. The van der Waals surface area contributed by atoms with E-state index in [4.69, 9.17) is 0 Å². The molecule has 0 radical (unpaired) electrons. The van der Waals surface area contributed by atoms with Crippen molar-refractivity contribution in [2.24, 2.45) is 0 Å². The molecule has 8 heteroatoms. The standard InChI is InChI=1S/C15H19F3N2O3/c1-14(2,3)20(13(22)23)9-11-6-4-10(5-7-11)8-19-12(21)15(16,17)18/h4-7H,8-9H2,1-3H3,(H,19,21)(H,22,23). The van der Waals surface area contributed by atoms with Gasteiger partial charge in [-0.05, 0) is 31.9 Å². The van der Waals surface area contributed by atoms with Crippen molar-refractivity contribution in [2.75, 3.05) is 0 Å². The molecule has 0 saturated heterocycles. The van der Waals surface area contributed by atoms with Crippen LogP contribution in [0.5, 0.6) is 0 Å². The number of hydrogen-bond acceptors (Lipinski definition) is 2. The number of alkyl halides is 3. The molecule has 2 amide bonds. The van der Waals surface area contributed by atoms with Crippen LogP contribution >= 0.6 is 0 Å². The second-order valence-corrected chi connectivity index (χ2v) is 6.04. The summed E-state index contributed by atoms with van der Waals surface area (Å²) in [5, 5.41) is 11.0. The highest BCUT2D eigenvalue weighted by molar-refractivity contribution is 5.81. The Hall–Kier alpha value is -2.25. The van der Waals surface area contributed by atoms with Gasteiger partial charge in [0.1, 0.15) is 0 Å². The van der Waals surface area contributed by atoms with Crippen LogP contribution < -0.4 is 5.32 Å². The number of amides is 2. The first-order chi connectivity index (χ1) is 10.4. The maximum Gasteiger partial charge on any atom is 0.471 e. The molecule has 1 aromatic carbocycles. The fourth-order valence-electron chi connectivity index (χ4n) is 1.82. The summed E-state index contributed by atoms with van der Waals surface area (Å²) < 4.78 is 36.2. The molecule has 0 bridgehead atoms. The number of carboxylic acid groups (broad SMARTS) is 1. The summed E-state index contributed by atoms with van der Waals surface area (Å²) in [5.74, 6) is -1.99. The maximum absolute atomic E-state index is 12.1. The number of carbonyl (C=O) groups excluding carboxylic acids is 1. The number of benzene rings is 1. The zero-order valence-electron chi connectivity index (χ0n) is 13.1. The van der Waals surface area contributed by atoms with Gasteiger partial charge in [-0.3, -0.25) is 9.69 Å². The fraction of sp³-hybridized carbons (Fsp3) is 0.467. The molecule has 1 aromatic rings. The maximum atomic E-state index is 12.1. The third-order valence-corrected chi connectivity index (χ3v) is 3.11. The van der Waals surface area contributed by atoms with Gasteiger partial charge in [0.2, 0.25) is 0 Å². The minimum Gasteiger partial charge on any atom is -0.465 e. The molecule has 0 spiro atoms. The van der Waals surface area contributed by atoms with Crippen molar-refractivity contribution < 1.29 is 27.9 Å². The number of carbonyl (C=O) groups is 2. The molecule has 5 nitrogen and oxygen atoms in total. The normalized spacial score (nSPS) is 11.9. The first-order valence-electron chi connectivity index (χ1n) is 6.84. The number of hydrogen-bond donors (Lipinski definition) is 2. The van der Waals surface area contributed by atoms with Gasteiger partial charge in [-0.15, -0.1) is 0 Å². The van der Waals surface area contributed by atoms with Crippen molar-refractivity contribution in [3.63, 3.8) is 0 Å². The van der Waals surface area contributed by atoms with E-state index in [2.05, 4.69) is 0 Å². The first-order valence-corrected chi connectivity index (χ1v) is 6.84. The van der Waals surface area contributed by atoms with Gasteiger partial charge in [0.25, 0.3) is 0 Å². The van der Waals surface area contributed by atoms with Crippen LogP contribution in [0.3, 0.4) is 0 Å². The monoisotopic (exact) mass is 332 g/mol. The van der Waals surface area contributed by atoms with Crippen molar-refractivity contribution in [1.29, 1.82) is 0 Å². The fourth-order valence-corrected chi connectivity index (χ4v) is 1.82. The lowest BCUT2D eigenvalue weighted by Crippen LogP contribution is -2.44. The summed E-state index contributed by atoms with van der Waals surface area (Å²) in [7, 11) is 0. The molecule has 0 aliphatic rings. The van der Waals surface area contributed by atoms with Crippen molar-refractivity contribution in [3.05, 3.63) is 35.4 Å². The van der Waals surface area contributed by atoms with E-state index in [-0.39, 0.29) is 13.1 Å². The Morgan fingerprint density at radius 2 is 1.57 bits per heavy atom. The largest absolute Gasteiger partial charge is 0.471 e. The zero-order chi connectivity index (χ0) is 17.8. The van der Waals surface area contributed by atoms with E-state index in [0.29, 0.717) is 11.1 Å². The lowest BCUT2D eigenvalue weighted by atomic mass is 10.0. The van der Waals surface area contributed by atoms with Crippen LogP contribution in [-0.4, -0.2) is 33.7 Å². The van der Waals surface area contributed by atoms with E-state index in [0.717, 1.165) is 0 Å². The highest BCUT2D eigenvalue weighted by Crippen LogP contribution is 2.18. The van der Waals surface area contributed by atoms with E-state index in [1.807, 2.05) is 0 Å². The van der Waals surface area contributed by atoms with Crippen molar-refractivity contribution in [3.8, 4) is 0 Å². The highest BCUT2D eigenvalue weighted by Gasteiger charge is 2.38. The Balaban J connectivity index is 2.70. The van der Waals surface area contributed by atoms with E-state index in [1.54, 1.807) is 50.4 Å². The SMILES string of the molecule is CC(C)(C)N(Cc1ccc(CNC(=O)C(F)(F)F)cc1)C(=O)O. The van der Waals surface area contributed by atoms with Gasteiger partial charge in [-0.25, -0.2) is 4.79 Å². The number of nitrogens with zero attached hydrogens (tertiary/aromatic N) is 1. The van der Waals surface area contributed by atoms with Crippen molar-refractivity contribution in [1.82, 2.24) is 10.2 Å². The van der Waals surface area contributed by atoms with Crippen molar-refractivity contribution >= 4 is 12.0 Å². The Labute approximate surface area is 132 Å². The Morgan fingerprint density at radius 1 is 1.09 bits per heavy atom. The van der Waals surface area contributed by atoms with Gasteiger partial charge in [0.15, 0.2) is 0 Å². The number of halogens is 3.